The van der Waals surface area contributed by atoms with Gasteiger partial charge in [0.1, 0.15) is 18.1 Å². The number of methoxy groups -OCH3 is 1. The van der Waals surface area contributed by atoms with Gasteiger partial charge in [0, 0.05) is 24.0 Å². The molecule has 0 saturated carbocycles. The molecule has 34 heavy (non-hydrogen) atoms. The van der Waals surface area contributed by atoms with E-state index in [1.54, 1.807) is 53.5 Å². The summed E-state index contributed by atoms with van der Waals surface area (Å²) in [6, 6.07) is 9.81. The number of aromatic nitrogens is 4. The third kappa shape index (κ3) is 5.17. The summed E-state index contributed by atoms with van der Waals surface area (Å²) in [4.78, 5) is 24.0. The number of ether oxygens (including phenoxy) is 2. The number of carbonyl (C=O) groups is 2. The minimum Gasteiger partial charge on any atom is -0.486 e. The van der Waals surface area contributed by atoms with Gasteiger partial charge in [0.05, 0.1) is 37.3 Å². The molecule has 0 radical (unpaired) electrons. The van der Waals surface area contributed by atoms with Gasteiger partial charge in [-0.2, -0.15) is 10.2 Å². The molecular weight excluding hydrogens is 438 g/mol. The standard InChI is InChI=1S/C24H25N5O5/c1-4-29-16(2)18(11-26-29)13-28-14-19(12-25-28)27-23(30)22-10-9-21(34-22)15-33-20-7-5-17(6-8-20)24(31)32-3/h5-12,14H,4,13,15H2,1-3H3,(H,27,30). The van der Waals surface area contributed by atoms with Crippen LogP contribution in [-0.2, 0) is 24.4 Å². The number of rotatable bonds is 9. The van der Waals surface area contributed by atoms with Crippen molar-refractivity contribution in [2.75, 3.05) is 12.4 Å². The van der Waals surface area contributed by atoms with E-state index in [2.05, 4.69) is 20.3 Å². The van der Waals surface area contributed by atoms with Crippen LogP contribution in [0.25, 0.3) is 0 Å². The van der Waals surface area contributed by atoms with Crippen molar-refractivity contribution in [3.8, 4) is 5.75 Å². The molecule has 10 heteroatoms. The molecule has 0 spiro atoms. The van der Waals surface area contributed by atoms with Crippen molar-refractivity contribution in [2.45, 2.75) is 33.5 Å². The van der Waals surface area contributed by atoms with Crippen LogP contribution in [0.15, 0.2) is 59.4 Å². The van der Waals surface area contributed by atoms with Crippen LogP contribution in [0.3, 0.4) is 0 Å². The van der Waals surface area contributed by atoms with E-state index in [0.717, 1.165) is 17.8 Å². The van der Waals surface area contributed by atoms with Gasteiger partial charge in [0.15, 0.2) is 5.76 Å². The first kappa shape index (κ1) is 22.8. The number of amides is 1. The lowest BCUT2D eigenvalue weighted by Gasteiger charge is -2.05. The molecule has 4 rings (SSSR count). The first-order valence-corrected chi connectivity index (χ1v) is 10.7. The molecule has 0 atom stereocenters. The minimum absolute atomic E-state index is 0.133. The van der Waals surface area contributed by atoms with Crippen molar-refractivity contribution in [1.82, 2.24) is 19.6 Å². The normalized spacial score (nSPS) is 10.8. The van der Waals surface area contributed by atoms with Gasteiger partial charge in [-0.3, -0.25) is 14.2 Å². The highest BCUT2D eigenvalue weighted by Gasteiger charge is 2.14. The number of aryl methyl sites for hydroxylation is 1. The zero-order valence-corrected chi connectivity index (χ0v) is 19.1. The van der Waals surface area contributed by atoms with E-state index in [1.807, 2.05) is 24.7 Å². The molecule has 0 aliphatic rings. The van der Waals surface area contributed by atoms with E-state index in [0.29, 0.717) is 29.3 Å². The first-order chi connectivity index (χ1) is 16.5. The molecule has 0 aliphatic heterocycles. The fraction of sp³-hybridized carbons (Fsp3) is 0.250. The second kappa shape index (κ2) is 10.1. The number of carbonyl (C=O) groups excluding carboxylic acids is 2. The number of furan rings is 1. The van der Waals surface area contributed by atoms with Gasteiger partial charge in [-0.1, -0.05) is 0 Å². The third-order valence-electron chi connectivity index (χ3n) is 5.27. The second-order valence-electron chi connectivity index (χ2n) is 7.52. The Bertz CT molecular complexity index is 1290. The number of hydrogen-bond donors (Lipinski definition) is 1. The molecule has 0 saturated heterocycles. The Morgan fingerprint density at radius 3 is 2.59 bits per heavy atom. The average Bonchev–Trinajstić information content (AvgIpc) is 3.59. The third-order valence-corrected chi connectivity index (χ3v) is 5.27. The van der Waals surface area contributed by atoms with E-state index in [4.69, 9.17) is 9.15 Å². The second-order valence-corrected chi connectivity index (χ2v) is 7.52. The van der Waals surface area contributed by atoms with Crippen LogP contribution in [0.2, 0.25) is 0 Å². The lowest BCUT2D eigenvalue weighted by Crippen LogP contribution is -2.10. The van der Waals surface area contributed by atoms with Crippen LogP contribution < -0.4 is 10.1 Å². The van der Waals surface area contributed by atoms with Crippen molar-refractivity contribution < 1.29 is 23.5 Å². The Balaban J connectivity index is 1.31. The average molecular weight is 463 g/mol. The zero-order chi connectivity index (χ0) is 24.1. The fourth-order valence-corrected chi connectivity index (χ4v) is 3.38. The van der Waals surface area contributed by atoms with Crippen LogP contribution in [0.1, 0.15) is 44.9 Å². The molecule has 1 amide bonds. The van der Waals surface area contributed by atoms with E-state index < -0.39 is 5.97 Å². The summed E-state index contributed by atoms with van der Waals surface area (Å²) in [6.45, 7) is 5.57. The predicted octanol–water partition coefficient (Wildman–Crippen LogP) is 3.67. The summed E-state index contributed by atoms with van der Waals surface area (Å²) in [5.74, 6) is 0.403. The number of nitrogens with one attached hydrogen (secondary N) is 1. The zero-order valence-electron chi connectivity index (χ0n) is 19.1. The lowest BCUT2D eigenvalue weighted by molar-refractivity contribution is 0.0600. The smallest absolute Gasteiger partial charge is 0.337 e. The van der Waals surface area contributed by atoms with E-state index >= 15 is 0 Å². The quantitative estimate of drug-likeness (QED) is 0.377. The molecule has 1 aromatic carbocycles. The molecule has 3 heterocycles. The molecule has 0 unspecified atom stereocenters. The summed E-state index contributed by atoms with van der Waals surface area (Å²) >= 11 is 0. The van der Waals surface area contributed by atoms with Gasteiger partial charge in [0.25, 0.3) is 5.91 Å². The summed E-state index contributed by atoms with van der Waals surface area (Å²) in [5.41, 5.74) is 3.15. The van der Waals surface area contributed by atoms with Gasteiger partial charge in [-0.05, 0) is 50.2 Å². The number of anilines is 1. The Labute approximate surface area is 196 Å². The van der Waals surface area contributed by atoms with Gasteiger partial charge in [0.2, 0.25) is 0 Å². The summed E-state index contributed by atoms with van der Waals surface area (Å²) in [6.07, 6.45) is 5.17. The van der Waals surface area contributed by atoms with Crippen molar-refractivity contribution in [3.63, 3.8) is 0 Å². The largest absolute Gasteiger partial charge is 0.486 e. The molecule has 176 valence electrons. The fourth-order valence-electron chi connectivity index (χ4n) is 3.38. The molecule has 10 nitrogen and oxygen atoms in total. The SMILES string of the molecule is CCn1ncc(Cn2cc(NC(=O)c3ccc(COc4ccc(C(=O)OC)cc4)o3)cn2)c1C. The maximum absolute atomic E-state index is 12.6. The topological polar surface area (TPSA) is 113 Å². The molecule has 4 aromatic rings. The van der Waals surface area contributed by atoms with Crippen molar-refractivity contribution in [1.29, 1.82) is 0 Å². The monoisotopic (exact) mass is 463 g/mol. The minimum atomic E-state index is -0.415. The van der Waals surface area contributed by atoms with Gasteiger partial charge in [-0.25, -0.2) is 4.79 Å². The Morgan fingerprint density at radius 1 is 1.09 bits per heavy atom. The molecule has 0 fully saturated rings. The highest BCUT2D eigenvalue weighted by molar-refractivity contribution is 6.02. The van der Waals surface area contributed by atoms with Crippen molar-refractivity contribution in [3.05, 3.63) is 83.3 Å². The number of nitrogens with zero attached hydrogens (tertiary/aromatic N) is 4. The summed E-state index contributed by atoms with van der Waals surface area (Å²) in [5, 5.41) is 11.4. The maximum atomic E-state index is 12.6. The Kier molecular flexibility index (Phi) is 6.77. The molecule has 0 aliphatic carbocycles. The van der Waals surface area contributed by atoms with E-state index in [-0.39, 0.29) is 18.3 Å². The summed E-state index contributed by atoms with van der Waals surface area (Å²) < 4.78 is 19.6. The van der Waals surface area contributed by atoms with Gasteiger partial charge in [-0.15, -0.1) is 0 Å². The van der Waals surface area contributed by atoms with Crippen LogP contribution in [0.5, 0.6) is 5.75 Å². The lowest BCUT2D eigenvalue weighted by atomic mass is 10.2. The highest BCUT2D eigenvalue weighted by Crippen LogP contribution is 2.17. The van der Waals surface area contributed by atoms with Gasteiger partial charge < -0.3 is 19.2 Å². The Hall–Kier alpha value is -4.34. The molecular formula is C24H25N5O5. The molecule has 0 bridgehead atoms. The number of benzene rings is 1. The number of hydrogen-bond acceptors (Lipinski definition) is 7. The predicted molar refractivity (Wildman–Crippen MR) is 123 cm³/mol. The summed E-state index contributed by atoms with van der Waals surface area (Å²) in [7, 11) is 1.33. The van der Waals surface area contributed by atoms with Gasteiger partial charge >= 0.3 is 5.97 Å². The molecule has 3 aromatic heterocycles. The van der Waals surface area contributed by atoms with Crippen LogP contribution in [-0.4, -0.2) is 38.5 Å². The number of esters is 1. The Morgan fingerprint density at radius 2 is 1.88 bits per heavy atom. The maximum Gasteiger partial charge on any atom is 0.337 e. The highest BCUT2D eigenvalue weighted by atomic mass is 16.5. The first-order valence-electron chi connectivity index (χ1n) is 10.7. The van der Waals surface area contributed by atoms with Crippen molar-refractivity contribution >= 4 is 17.6 Å². The van der Waals surface area contributed by atoms with Crippen LogP contribution in [0, 0.1) is 6.92 Å². The molecule has 1 N–H and O–H groups in total. The van der Waals surface area contributed by atoms with E-state index in [1.165, 1.54) is 7.11 Å². The van der Waals surface area contributed by atoms with Crippen molar-refractivity contribution in [2.24, 2.45) is 0 Å². The van der Waals surface area contributed by atoms with Crippen LogP contribution >= 0.6 is 0 Å². The van der Waals surface area contributed by atoms with E-state index in [9.17, 15) is 9.59 Å². The van der Waals surface area contributed by atoms with Crippen LogP contribution in [0.4, 0.5) is 5.69 Å².